The van der Waals surface area contributed by atoms with Crippen LogP contribution in [0.1, 0.15) is 86.1 Å². The summed E-state index contributed by atoms with van der Waals surface area (Å²) in [7, 11) is -5.92. The molecule has 1 saturated heterocycles. The predicted molar refractivity (Wildman–Crippen MR) is 144 cm³/mol. The van der Waals surface area contributed by atoms with Gasteiger partial charge in [0.25, 0.3) is 0 Å². The zero-order chi connectivity index (χ0) is 25.5. The second kappa shape index (κ2) is 9.91. The third-order valence-corrected chi connectivity index (χ3v) is 17.8. The van der Waals surface area contributed by atoms with Crippen molar-refractivity contribution in [3.05, 3.63) is 40.6 Å². The van der Waals surface area contributed by atoms with Gasteiger partial charge >= 0.3 is 0 Å². The molecular weight excluding hydrogens is 456 g/mol. The molecule has 0 aromatic heterocycles. The number of benzene rings is 1. The number of hydrogen-bond donors (Lipinski definition) is 0. The van der Waals surface area contributed by atoms with Crippen molar-refractivity contribution in [2.24, 2.45) is 5.92 Å². The molecule has 1 heterocycles. The second-order valence-electron chi connectivity index (χ2n) is 11.6. The van der Waals surface area contributed by atoms with Crippen LogP contribution in [0.2, 0.25) is 16.6 Å². The van der Waals surface area contributed by atoms with Gasteiger partial charge < -0.3 is 0 Å². The van der Waals surface area contributed by atoms with Crippen molar-refractivity contribution >= 4 is 18.1 Å². The minimum Gasteiger partial charge on any atom is -0.207 e. The molecule has 34 heavy (non-hydrogen) atoms. The van der Waals surface area contributed by atoms with Gasteiger partial charge in [0.05, 0.1) is 16.5 Å². The summed E-state index contributed by atoms with van der Waals surface area (Å²) in [5, 5.41) is 11.8. The van der Waals surface area contributed by atoms with Crippen molar-refractivity contribution in [3.8, 4) is 6.07 Å². The van der Waals surface area contributed by atoms with Crippen molar-refractivity contribution in [3.63, 3.8) is 0 Å². The lowest BCUT2D eigenvalue weighted by molar-refractivity contribution is 0.203. The molecule has 0 radical (unpaired) electrons. The van der Waals surface area contributed by atoms with Crippen LogP contribution in [0.5, 0.6) is 0 Å². The van der Waals surface area contributed by atoms with E-state index in [-0.39, 0.29) is 5.92 Å². The minimum atomic E-state index is -3.67. The lowest BCUT2D eigenvalue weighted by Crippen LogP contribution is -2.52. The van der Waals surface area contributed by atoms with Gasteiger partial charge in [-0.2, -0.15) is 9.57 Å². The number of aryl methyl sites for hydroxylation is 1. The maximum atomic E-state index is 14.1. The molecule has 1 unspecified atom stereocenters. The number of rotatable bonds is 6. The van der Waals surface area contributed by atoms with Crippen molar-refractivity contribution in [1.29, 1.82) is 5.26 Å². The van der Waals surface area contributed by atoms with Crippen molar-refractivity contribution in [2.45, 2.75) is 115 Å². The number of nitriles is 1. The van der Waals surface area contributed by atoms with E-state index in [0.717, 1.165) is 42.9 Å². The van der Waals surface area contributed by atoms with Gasteiger partial charge in [0.15, 0.2) is 0 Å². The van der Waals surface area contributed by atoms with Gasteiger partial charge in [-0.3, -0.25) is 0 Å². The van der Waals surface area contributed by atoms with Crippen LogP contribution in [-0.2, 0) is 10.0 Å². The smallest absolute Gasteiger partial charge is 0.207 e. The standard InChI is InChI=1S/C28H44N2O2SSi/c1-20(2)34(21(3)4,22(5)6)26(18-29)27-24(8)19-30(28(27)16-10-9-11-17-28)33(31,32)25-14-12-23(7)13-15-25/h12-15,20-22,24H,9-11,16-17,19H2,1-8H3/b27-26+. The molecule has 1 aromatic carbocycles. The van der Waals surface area contributed by atoms with Crippen molar-refractivity contribution in [2.75, 3.05) is 6.54 Å². The van der Waals surface area contributed by atoms with Crippen molar-refractivity contribution in [1.82, 2.24) is 4.31 Å². The Morgan fingerprint density at radius 2 is 1.50 bits per heavy atom. The second-order valence-corrected chi connectivity index (χ2v) is 19.3. The first-order valence-corrected chi connectivity index (χ1v) is 16.8. The highest BCUT2D eigenvalue weighted by Crippen LogP contribution is 2.56. The fraction of sp³-hybridized carbons (Fsp3) is 0.679. The molecule has 1 saturated carbocycles. The monoisotopic (exact) mass is 500 g/mol. The average Bonchev–Trinajstić information content (AvgIpc) is 3.03. The topological polar surface area (TPSA) is 61.2 Å². The summed E-state index contributed by atoms with van der Waals surface area (Å²) in [6.07, 6.45) is 4.79. The van der Waals surface area contributed by atoms with Crippen molar-refractivity contribution < 1.29 is 8.42 Å². The average molecular weight is 501 g/mol. The maximum Gasteiger partial charge on any atom is 0.243 e. The molecule has 0 N–H and O–H groups in total. The van der Waals surface area contributed by atoms with Gasteiger partial charge in [-0.1, -0.05) is 85.4 Å². The zero-order valence-corrected chi connectivity index (χ0v) is 24.3. The van der Waals surface area contributed by atoms with Crippen LogP contribution in [-0.4, -0.2) is 32.9 Å². The summed E-state index contributed by atoms with van der Waals surface area (Å²) in [5.41, 5.74) is 2.88. The highest BCUT2D eigenvalue weighted by molar-refractivity contribution is 7.89. The molecule has 1 aliphatic heterocycles. The third-order valence-electron chi connectivity index (χ3n) is 8.88. The number of hydrogen-bond acceptors (Lipinski definition) is 3. The molecule has 1 spiro atoms. The molecule has 2 aliphatic rings. The van der Waals surface area contributed by atoms with Crippen LogP contribution in [0.25, 0.3) is 0 Å². The molecular formula is C28H44N2O2SSi. The van der Waals surface area contributed by atoms with Gasteiger partial charge in [0.2, 0.25) is 10.0 Å². The van der Waals surface area contributed by atoms with E-state index in [1.165, 1.54) is 5.57 Å². The first-order chi connectivity index (χ1) is 15.9. The number of nitrogens with zero attached hydrogens (tertiary/aromatic N) is 2. The van der Waals surface area contributed by atoms with Crippen LogP contribution in [0.15, 0.2) is 39.9 Å². The highest BCUT2D eigenvalue weighted by Gasteiger charge is 2.58. The van der Waals surface area contributed by atoms with E-state index in [0.29, 0.717) is 28.1 Å². The number of sulfonamides is 1. The number of allylic oxidation sites excluding steroid dienone is 1. The Morgan fingerprint density at radius 3 is 1.94 bits per heavy atom. The van der Waals surface area contributed by atoms with Gasteiger partial charge in [0.1, 0.15) is 8.07 Å². The Labute approximate surface area is 209 Å². The first-order valence-electron chi connectivity index (χ1n) is 13.1. The summed E-state index contributed by atoms with van der Waals surface area (Å²) in [4.78, 5) is 0.370. The summed E-state index contributed by atoms with van der Waals surface area (Å²) in [6.45, 7) is 18.3. The lowest BCUT2D eigenvalue weighted by atomic mass is 9.75. The maximum absolute atomic E-state index is 14.1. The Hall–Kier alpha value is -1.42. The Bertz CT molecular complexity index is 1040. The minimum absolute atomic E-state index is 0.0519. The van der Waals surface area contributed by atoms with E-state index in [1.54, 1.807) is 12.1 Å². The summed E-state index contributed by atoms with van der Waals surface area (Å²) >= 11 is 0. The van der Waals surface area contributed by atoms with E-state index in [1.807, 2.05) is 23.4 Å². The quantitative estimate of drug-likeness (QED) is 0.302. The van der Waals surface area contributed by atoms with Crippen LogP contribution >= 0.6 is 0 Å². The summed E-state index contributed by atoms with van der Waals surface area (Å²) in [5.74, 6) is 0.0519. The van der Waals surface area contributed by atoms with Gasteiger partial charge in [-0.25, -0.2) is 8.42 Å². The normalized spacial score (nSPS) is 23.2. The van der Waals surface area contributed by atoms with E-state index < -0.39 is 23.6 Å². The Balaban J connectivity index is 2.34. The fourth-order valence-corrected chi connectivity index (χ4v) is 16.4. The van der Waals surface area contributed by atoms with Gasteiger partial charge in [-0.05, 0) is 60.0 Å². The SMILES string of the molecule is Cc1ccc(S(=O)(=O)N2CC(C)/C(=C(/C#N)[Si](C(C)C)(C(C)C)C(C)C)C23CCCCC3)cc1. The molecule has 188 valence electrons. The molecule has 1 aliphatic carbocycles. The Morgan fingerprint density at radius 1 is 1.00 bits per heavy atom. The first kappa shape index (κ1) is 27.2. The van der Waals surface area contributed by atoms with Crippen LogP contribution in [0.4, 0.5) is 0 Å². The predicted octanol–water partition coefficient (Wildman–Crippen LogP) is 7.38. The summed E-state index contributed by atoms with van der Waals surface area (Å²) in [6, 6.07) is 10.0. The van der Waals surface area contributed by atoms with Crippen LogP contribution < -0.4 is 0 Å². The third kappa shape index (κ3) is 4.12. The summed E-state index contributed by atoms with van der Waals surface area (Å²) < 4.78 is 30.0. The molecule has 2 fully saturated rings. The molecule has 6 heteroatoms. The van der Waals surface area contributed by atoms with E-state index >= 15 is 0 Å². The van der Waals surface area contributed by atoms with Crippen LogP contribution in [0, 0.1) is 24.2 Å². The molecule has 0 bridgehead atoms. The van der Waals surface area contributed by atoms with Crippen LogP contribution in [0.3, 0.4) is 0 Å². The molecule has 3 rings (SSSR count). The molecule has 0 amide bonds. The van der Waals surface area contributed by atoms with E-state index in [2.05, 4.69) is 54.5 Å². The van der Waals surface area contributed by atoms with E-state index in [4.69, 9.17) is 0 Å². The molecule has 1 atom stereocenters. The molecule has 4 nitrogen and oxygen atoms in total. The fourth-order valence-electron chi connectivity index (χ4n) is 7.66. The van der Waals surface area contributed by atoms with Gasteiger partial charge in [-0.15, -0.1) is 0 Å². The largest absolute Gasteiger partial charge is 0.243 e. The Kier molecular flexibility index (Phi) is 7.92. The zero-order valence-electron chi connectivity index (χ0n) is 22.5. The molecule has 1 aromatic rings. The lowest BCUT2D eigenvalue weighted by Gasteiger charge is -2.47. The van der Waals surface area contributed by atoms with Gasteiger partial charge in [0, 0.05) is 11.7 Å². The van der Waals surface area contributed by atoms with E-state index in [9.17, 15) is 13.7 Å². The highest BCUT2D eigenvalue weighted by atomic mass is 32.2.